The topological polar surface area (TPSA) is 202 Å². The van der Waals surface area contributed by atoms with Gasteiger partial charge in [0.05, 0.1) is 25.0 Å². The smallest absolute Gasteiger partial charge is 0.343 e. The number of phenolic OH excluding ortho intramolecular Hbond substituents is 3. The molecule has 0 amide bonds. The van der Waals surface area contributed by atoms with E-state index in [1.807, 2.05) is 0 Å². The summed E-state index contributed by atoms with van der Waals surface area (Å²) < 4.78 is 27.9. The molecule has 2 saturated heterocycles. The van der Waals surface area contributed by atoms with Crippen LogP contribution < -0.4 is 0 Å². The molecule has 3 heterocycles. The predicted octanol–water partition coefficient (Wildman–Crippen LogP) is 1.06. The van der Waals surface area contributed by atoms with Gasteiger partial charge in [0.1, 0.15) is 41.1 Å². The number of carbonyl (C=O) groups excluding carboxylic acids is 2. The molecular weight excluding hydrogens is 556 g/mol. The van der Waals surface area contributed by atoms with E-state index in [1.54, 1.807) is 0 Å². The van der Waals surface area contributed by atoms with Crippen molar-refractivity contribution < 1.29 is 63.9 Å². The number of cyclic esters (lactones) is 1. The molecule has 13 nitrogen and oxygen atoms in total. The summed E-state index contributed by atoms with van der Waals surface area (Å²) in [7, 11) is 0. The number of hydrogen-bond donors (Lipinski definition) is 6. The lowest BCUT2D eigenvalue weighted by atomic mass is 9.81. The van der Waals surface area contributed by atoms with Gasteiger partial charge in [0, 0.05) is 23.5 Å². The summed E-state index contributed by atoms with van der Waals surface area (Å²) in [6.07, 6.45) is -6.13. The normalized spacial score (nSPS) is 30.7. The average Bonchev–Trinajstić information content (AvgIpc) is 2.96. The lowest BCUT2D eigenvalue weighted by Gasteiger charge is -2.44. The number of rotatable bonds is 7. The summed E-state index contributed by atoms with van der Waals surface area (Å²) in [5, 5.41) is 61.9. The Bertz CT molecular complexity index is 1390. The van der Waals surface area contributed by atoms with E-state index in [0.717, 1.165) is 6.07 Å². The van der Waals surface area contributed by atoms with Crippen LogP contribution in [0.1, 0.15) is 16.8 Å². The first-order valence-electron chi connectivity index (χ1n) is 13.1. The lowest BCUT2D eigenvalue weighted by Crippen LogP contribution is -2.61. The highest BCUT2D eigenvalue weighted by atomic mass is 16.8. The summed E-state index contributed by atoms with van der Waals surface area (Å²) in [6, 6.07) is 7.77. The molecule has 3 aliphatic rings. The van der Waals surface area contributed by atoms with Gasteiger partial charge >= 0.3 is 11.9 Å². The van der Waals surface area contributed by atoms with Crippen LogP contribution in [0.3, 0.4) is 0 Å². The number of aromatic hydroxyl groups is 3. The van der Waals surface area contributed by atoms with Gasteiger partial charge in [-0.2, -0.15) is 0 Å². The molecule has 0 bridgehead atoms. The highest BCUT2D eigenvalue weighted by Crippen LogP contribution is 2.40. The molecule has 0 unspecified atom stereocenters. The van der Waals surface area contributed by atoms with Gasteiger partial charge in [-0.25, -0.2) is 9.59 Å². The Hall–Kier alpha value is -4.14. The fraction of sp³-hybridized carbons (Fsp3) is 0.379. The molecule has 224 valence electrons. The summed E-state index contributed by atoms with van der Waals surface area (Å²) in [6.45, 7) is 3.27. The molecule has 0 spiro atoms. The highest BCUT2D eigenvalue weighted by molar-refractivity contribution is 6.00. The first-order valence-corrected chi connectivity index (χ1v) is 13.1. The SMILES string of the molecule is C=C[C@@H]1[C@H](O[C@@H]2O[C@H](CO)[C@@H](O)[C@H](O)[C@H]2OC(=O)c2c(O)cc(O)cc2-c2cccc(O)c2)OC=C2C(=O)OCC[C@H]21. The summed E-state index contributed by atoms with van der Waals surface area (Å²) in [5.41, 5.74) is 0.119. The van der Waals surface area contributed by atoms with Crippen LogP contribution in [0.15, 0.2) is 60.9 Å². The molecule has 5 rings (SSSR count). The van der Waals surface area contributed by atoms with Crippen LogP contribution >= 0.6 is 0 Å². The monoisotopic (exact) mass is 586 g/mol. The number of carbonyl (C=O) groups is 2. The van der Waals surface area contributed by atoms with Crippen LogP contribution in [0.2, 0.25) is 0 Å². The van der Waals surface area contributed by atoms with Crippen molar-refractivity contribution in [1.29, 1.82) is 0 Å². The number of hydrogen-bond acceptors (Lipinski definition) is 13. The third kappa shape index (κ3) is 5.52. The van der Waals surface area contributed by atoms with Crippen LogP contribution in [-0.2, 0) is 28.5 Å². The van der Waals surface area contributed by atoms with E-state index >= 15 is 0 Å². The Morgan fingerprint density at radius 2 is 1.86 bits per heavy atom. The van der Waals surface area contributed by atoms with Gasteiger partial charge in [-0.3, -0.25) is 0 Å². The minimum Gasteiger partial charge on any atom is -0.508 e. The van der Waals surface area contributed by atoms with Gasteiger partial charge in [0.25, 0.3) is 0 Å². The van der Waals surface area contributed by atoms with Crippen LogP contribution in [0, 0.1) is 11.8 Å². The van der Waals surface area contributed by atoms with Gasteiger partial charge in [0.15, 0.2) is 6.10 Å². The molecule has 2 aromatic rings. The van der Waals surface area contributed by atoms with Gasteiger partial charge in [-0.1, -0.05) is 18.2 Å². The number of aliphatic hydroxyl groups is 3. The van der Waals surface area contributed by atoms with E-state index in [0.29, 0.717) is 12.0 Å². The average molecular weight is 587 g/mol. The molecule has 42 heavy (non-hydrogen) atoms. The Morgan fingerprint density at radius 1 is 1.07 bits per heavy atom. The van der Waals surface area contributed by atoms with E-state index in [-0.39, 0.29) is 35.2 Å². The van der Waals surface area contributed by atoms with E-state index < -0.39 is 72.8 Å². The first-order chi connectivity index (χ1) is 20.1. The van der Waals surface area contributed by atoms with Crippen LogP contribution in [0.5, 0.6) is 17.2 Å². The van der Waals surface area contributed by atoms with Gasteiger partial charge < -0.3 is 54.3 Å². The van der Waals surface area contributed by atoms with Crippen molar-refractivity contribution in [3.05, 3.63) is 66.5 Å². The van der Waals surface area contributed by atoms with Gasteiger partial charge in [-0.15, -0.1) is 6.58 Å². The van der Waals surface area contributed by atoms with Crippen molar-refractivity contribution in [3.63, 3.8) is 0 Å². The number of phenols is 3. The number of fused-ring (bicyclic) bond motifs is 1. The second kappa shape index (κ2) is 12.0. The maximum atomic E-state index is 13.5. The van der Waals surface area contributed by atoms with E-state index in [2.05, 4.69) is 6.58 Å². The highest BCUT2D eigenvalue weighted by Gasteiger charge is 2.50. The fourth-order valence-corrected chi connectivity index (χ4v) is 5.36. The Morgan fingerprint density at radius 3 is 2.57 bits per heavy atom. The summed E-state index contributed by atoms with van der Waals surface area (Å²) >= 11 is 0. The zero-order valence-electron chi connectivity index (χ0n) is 22.1. The van der Waals surface area contributed by atoms with Crippen molar-refractivity contribution >= 4 is 11.9 Å². The largest absolute Gasteiger partial charge is 0.508 e. The van der Waals surface area contributed by atoms with E-state index in [1.165, 1.54) is 42.7 Å². The second-order valence-electron chi connectivity index (χ2n) is 10.1. The zero-order valence-corrected chi connectivity index (χ0v) is 22.1. The number of benzene rings is 2. The molecule has 2 fully saturated rings. The van der Waals surface area contributed by atoms with Gasteiger partial charge in [0.2, 0.25) is 12.6 Å². The Labute approximate surface area is 239 Å². The molecule has 0 aliphatic carbocycles. The van der Waals surface area contributed by atoms with Crippen molar-refractivity contribution in [2.24, 2.45) is 11.8 Å². The molecular formula is C29H30O13. The summed E-state index contributed by atoms with van der Waals surface area (Å²) in [4.78, 5) is 25.7. The quantitative estimate of drug-likeness (QED) is 0.199. The van der Waals surface area contributed by atoms with Crippen molar-refractivity contribution in [1.82, 2.24) is 0 Å². The van der Waals surface area contributed by atoms with E-state index in [4.69, 9.17) is 23.7 Å². The minimum atomic E-state index is -1.82. The lowest BCUT2D eigenvalue weighted by molar-refractivity contribution is -0.338. The van der Waals surface area contributed by atoms with Crippen molar-refractivity contribution in [3.8, 4) is 28.4 Å². The zero-order chi connectivity index (χ0) is 30.1. The molecule has 13 heteroatoms. The third-order valence-electron chi connectivity index (χ3n) is 7.48. The molecule has 0 aromatic heterocycles. The van der Waals surface area contributed by atoms with E-state index in [9.17, 15) is 40.2 Å². The fourth-order valence-electron chi connectivity index (χ4n) is 5.36. The molecule has 2 aromatic carbocycles. The minimum absolute atomic E-state index is 0.00458. The first kappa shape index (κ1) is 29.4. The molecule has 0 radical (unpaired) electrons. The van der Waals surface area contributed by atoms with Gasteiger partial charge in [-0.05, 0) is 30.2 Å². The van der Waals surface area contributed by atoms with Crippen molar-refractivity contribution in [2.45, 2.75) is 43.4 Å². The number of ether oxygens (including phenoxy) is 5. The molecule has 3 aliphatic heterocycles. The number of esters is 2. The standard InChI is InChI=1S/C29H30O13/c1-2-16-17-6-7-38-26(36)19(17)12-39-28(16)42-29-25(24(35)23(34)21(11-30)40-29)41-27(37)22-18(9-15(32)10-20(22)33)13-4-3-5-14(31)8-13/h2-5,8-10,12,16-17,21,23-25,28-35H,1,6-7,11H2/t16-,17-,21+,23+,24-,25+,28-,29-/m0/s1. The second-order valence-corrected chi connectivity index (χ2v) is 10.1. The maximum Gasteiger partial charge on any atom is 0.343 e. The summed E-state index contributed by atoms with van der Waals surface area (Å²) in [5.74, 6) is -3.88. The van der Waals surface area contributed by atoms with Crippen LogP contribution in [0.25, 0.3) is 11.1 Å². The predicted molar refractivity (Wildman–Crippen MR) is 141 cm³/mol. The number of aliphatic hydroxyl groups excluding tert-OH is 3. The van der Waals surface area contributed by atoms with Crippen LogP contribution in [0.4, 0.5) is 0 Å². The third-order valence-corrected chi connectivity index (χ3v) is 7.48. The Kier molecular flexibility index (Phi) is 8.38. The maximum absolute atomic E-state index is 13.5. The molecule has 6 N–H and O–H groups in total. The molecule has 8 atom stereocenters. The molecule has 0 saturated carbocycles. The van der Waals surface area contributed by atoms with Crippen molar-refractivity contribution in [2.75, 3.05) is 13.2 Å². The Balaban J connectivity index is 1.46. The van der Waals surface area contributed by atoms with Crippen LogP contribution in [-0.4, -0.2) is 92.8 Å².